The number of benzene rings is 2. The molecule has 2 aromatic carbocycles. The van der Waals surface area contributed by atoms with Crippen molar-refractivity contribution in [2.75, 3.05) is 26.7 Å². The van der Waals surface area contributed by atoms with E-state index >= 15 is 0 Å². The smallest absolute Gasteiger partial charge is 0.311 e. The van der Waals surface area contributed by atoms with E-state index in [1.807, 2.05) is 24.3 Å². The van der Waals surface area contributed by atoms with Gasteiger partial charge in [-0.1, -0.05) is 30.3 Å². The lowest BCUT2D eigenvalue weighted by Gasteiger charge is -2.17. The van der Waals surface area contributed by atoms with Crippen LogP contribution in [0.2, 0.25) is 0 Å². The second-order valence-corrected chi connectivity index (χ2v) is 7.19. The number of carboxylic acids is 1. The van der Waals surface area contributed by atoms with Gasteiger partial charge in [-0.05, 0) is 36.3 Å². The highest BCUT2D eigenvalue weighted by Gasteiger charge is 2.22. The summed E-state index contributed by atoms with van der Waals surface area (Å²) in [4.78, 5) is 25.2. The summed E-state index contributed by atoms with van der Waals surface area (Å²) < 4.78 is 11.0. The Morgan fingerprint density at radius 2 is 1.96 bits per heavy atom. The number of ether oxygens (including phenoxy) is 2. The molecule has 6 heteroatoms. The third-order valence-corrected chi connectivity index (χ3v) is 5.21. The number of carbonyl (C=O) groups excluding carboxylic acids is 1. The second kappa shape index (κ2) is 9.66. The van der Waals surface area contributed by atoms with Crippen molar-refractivity contribution in [3.05, 3.63) is 42.0 Å². The van der Waals surface area contributed by atoms with Crippen LogP contribution in [0.4, 0.5) is 0 Å². The molecule has 0 bridgehead atoms. The van der Waals surface area contributed by atoms with Gasteiger partial charge in [0, 0.05) is 45.0 Å². The number of esters is 1. The van der Waals surface area contributed by atoms with Gasteiger partial charge >= 0.3 is 11.9 Å². The molecule has 3 rings (SSSR count). The van der Waals surface area contributed by atoms with Crippen molar-refractivity contribution >= 4 is 22.7 Å². The molecule has 1 aliphatic heterocycles. The highest BCUT2D eigenvalue weighted by molar-refractivity contribution is 5.93. The first-order valence-corrected chi connectivity index (χ1v) is 9.75. The van der Waals surface area contributed by atoms with Crippen LogP contribution in [0.3, 0.4) is 0 Å². The third kappa shape index (κ3) is 5.30. The normalized spacial score (nSPS) is 17.1. The summed E-state index contributed by atoms with van der Waals surface area (Å²) in [5, 5.41) is 10.7. The van der Waals surface area contributed by atoms with Crippen LogP contribution in [0.5, 0.6) is 5.75 Å². The van der Waals surface area contributed by atoms with Gasteiger partial charge in [0.05, 0.1) is 6.10 Å². The molecule has 1 atom stereocenters. The first-order valence-electron chi connectivity index (χ1n) is 9.75. The third-order valence-electron chi connectivity index (χ3n) is 5.21. The first-order chi connectivity index (χ1) is 13.6. The second-order valence-electron chi connectivity index (χ2n) is 7.19. The lowest BCUT2D eigenvalue weighted by Crippen LogP contribution is -2.25. The Morgan fingerprint density at radius 1 is 1.18 bits per heavy atom. The molecule has 6 nitrogen and oxygen atoms in total. The van der Waals surface area contributed by atoms with Gasteiger partial charge in [0.15, 0.2) is 0 Å². The number of aliphatic carboxylic acids is 1. The molecule has 28 heavy (non-hydrogen) atoms. The molecule has 1 fully saturated rings. The van der Waals surface area contributed by atoms with Crippen LogP contribution in [0.1, 0.15) is 31.2 Å². The topological polar surface area (TPSA) is 76.1 Å². The molecule has 0 aromatic heterocycles. The Morgan fingerprint density at radius 3 is 2.68 bits per heavy atom. The van der Waals surface area contributed by atoms with E-state index in [9.17, 15) is 9.59 Å². The maximum Gasteiger partial charge on any atom is 0.311 e. The lowest BCUT2D eigenvalue weighted by atomic mass is 10.0. The standard InChI is InChI=1S/C22H27NO5/c1-27-18-12-14-23(15-18)13-11-17-6-2-5-16-7-3-8-19(22(16)17)28-21(26)10-4-9-20(24)25/h2-3,5-8,18H,4,9-15H2,1H3,(H,24,25)/t18-/m0/s1. The van der Waals surface area contributed by atoms with Crippen LogP contribution in [-0.2, 0) is 20.7 Å². The number of carboxylic acid groups (broad SMARTS) is 1. The van der Waals surface area contributed by atoms with Crippen LogP contribution >= 0.6 is 0 Å². The van der Waals surface area contributed by atoms with Crippen LogP contribution in [0.15, 0.2) is 36.4 Å². The number of nitrogens with zero attached hydrogens (tertiary/aromatic N) is 1. The minimum Gasteiger partial charge on any atom is -0.481 e. The molecule has 2 aromatic rings. The molecule has 0 unspecified atom stereocenters. The molecule has 1 N–H and O–H groups in total. The van der Waals surface area contributed by atoms with Gasteiger partial charge in [0.25, 0.3) is 0 Å². The quantitative estimate of drug-likeness (QED) is 0.527. The van der Waals surface area contributed by atoms with Crippen molar-refractivity contribution in [3.8, 4) is 5.75 Å². The van der Waals surface area contributed by atoms with Crippen LogP contribution < -0.4 is 4.74 Å². The number of methoxy groups -OCH3 is 1. The molecule has 0 saturated carbocycles. The van der Waals surface area contributed by atoms with Gasteiger partial charge in [-0.2, -0.15) is 0 Å². The van der Waals surface area contributed by atoms with Crippen LogP contribution in [0, 0.1) is 0 Å². The summed E-state index contributed by atoms with van der Waals surface area (Å²) in [7, 11) is 1.76. The van der Waals surface area contributed by atoms with Crippen molar-refractivity contribution in [3.63, 3.8) is 0 Å². The van der Waals surface area contributed by atoms with E-state index in [0.717, 1.165) is 48.8 Å². The van der Waals surface area contributed by atoms with E-state index in [2.05, 4.69) is 11.0 Å². The van der Waals surface area contributed by atoms with Crippen molar-refractivity contribution < 1.29 is 24.2 Å². The maximum atomic E-state index is 12.1. The fourth-order valence-corrected chi connectivity index (χ4v) is 3.70. The molecule has 0 amide bonds. The average Bonchev–Trinajstić information content (AvgIpc) is 3.14. The van der Waals surface area contributed by atoms with E-state index in [-0.39, 0.29) is 19.3 Å². The number of hydrogen-bond acceptors (Lipinski definition) is 5. The number of rotatable bonds is 9. The molecule has 0 radical (unpaired) electrons. The zero-order valence-corrected chi connectivity index (χ0v) is 16.2. The van der Waals surface area contributed by atoms with E-state index in [1.165, 1.54) is 0 Å². The molecule has 0 aliphatic carbocycles. The van der Waals surface area contributed by atoms with Gasteiger partial charge in [-0.3, -0.25) is 9.59 Å². The summed E-state index contributed by atoms with van der Waals surface area (Å²) in [6, 6.07) is 11.8. The fourth-order valence-electron chi connectivity index (χ4n) is 3.70. The Bertz CT molecular complexity index is 830. The minimum absolute atomic E-state index is 0.0335. The van der Waals surface area contributed by atoms with Gasteiger partial charge < -0.3 is 19.5 Å². The van der Waals surface area contributed by atoms with E-state index < -0.39 is 11.9 Å². The number of carbonyl (C=O) groups is 2. The number of fused-ring (bicyclic) bond motifs is 1. The zero-order valence-electron chi connectivity index (χ0n) is 16.2. The summed E-state index contributed by atoms with van der Waals surface area (Å²) in [5.41, 5.74) is 1.15. The summed E-state index contributed by atoms with van der Waals surface area (Å²) >= 11 is 0. The average molecular weight is 385 g/mol. The SMILES string of the molecule is CO[C@H]1CCN(CCc2cccc3cccc(OC(=O)CCCC(=O)O)c23)C1. The Kier molecular flexibility index (Phi) is 7.01. The highest BCUT2D eigenvalue weighted by Crippen LogP contribution is 2.30. The minimum atomic E-state index is -0.905. The van der Waals surface area contributed by atoms with Gasteiger partial charge in [-0.25, -0.2) is 0 Å². The Balaban J connectivity index is 1.71. The van der Waals surface area contributed by atoms with Crippen molar-refractivity contribution in [1.29, 1.82) is 0 Å². The predicted octanol–water partition coefficient (Wildman–Crippen LogP) is 3.26. The molecule has 1 aliphatic rings. The Labute approximate surface area is 165 Å². The predicted molar refractivity (Wildman–Crippen MR) is 107 cm³/mol. The van der Waals surface area contributed by atoms with Crippen LogP contribution in [-0.4, -0.2) is 54.8 Å². The van der Waals surface area contributed by atoms with Crippen molar-refractivity contribution in [1.82, 2.24) is 4.90 Å². The largest absolute Gasteiger partial charge is 0.481 e. The fraction of sp³-hybridized carbons (Fsp3) is 0.455. The number of likely N-dealkylation sites (tertiary alicyclic amines) is 1. The van der Waals surface area contributed by atoms with Crippen LogP contribution in [0.25, 0.3) is 10.8 Å². The molecule has 0 spiro atoms. The molecular weight excluding hydrogens is 358 g/mol. The van der Waals surface area contributed by atoms with Crippen molar-refractivity contribution in [2.24, 2.45) is 0 Å². The first kappa shape index (κ1) is 20.3. The van der Waals surface area contributed by atoms with Gasteiger partial charge in [0.2, 0.25) is 0 Å². The number of hydrogen-bond donors (Lipinski definition) is 1. The van der Waals surface area contributed by atoms with Gasteiger partial charge in [0.1, 0.15) is 5.75 Å². The molecular formula is C22H27NO5. The lowest BCUT2D eigenvalue weighted by molar-refractivity contribution is -0.137. The summed E-state index contributed by atoms with van der Waals surface area (Å²) in [6.07, 6.45) is 2.58. The van der Waals surface area contributed by atoms with E-state index in [0.29, 0.717) is 11.9 Å². The van der Waals surface area contributed by atoms with E-state index in [1.54, 1.807) is 13.2 Å². The van der Waals surface area contributed by atoms with E-state index in [4.69, 9.17) is 14.6 Å². The maximum absolute atomic E-state index is 12.1. The van der Waals surface area contributed by atoms with Gasteiger partial charge in [-0.15, -0.1) is 0 Å². The molecule has 1 saturated heterocycles. The molecule has 1 heterocycles. The van der Waals surface area contributed by atoms with Crippen molar-refractivity contribution in [2.45, 2.75) is 38.2 Å². The summed E-state index contributed by atoms with van der Waals surface area (Å²) in [6.45, 7) is 2.92. The highest BCUT2D eigenvalue weighted by atomic mass is 16.5. The monoisotopic (exact) mass is 385 g/mol. The molecule has 150 valence electrons. The Hall–Kier alpha value is -2.44. The zero-order chi connectivity index (χ0) is 19.9. The summed E-state index contributed by atoms with van der Waals surface area (Å²) in [5.74, 6) is -0.756.